The molecule has 0 saturated carbocycles. The van der Waals surface area contributed by atoms with Gasteiger partial charge in [-0.2, -0.15) is 0 Å². The largest absolute Gasteiger partial charge is 0.381 e. The molecule has 0 rings (SSSR count). The third-order valence-electron chi connectivity index (χ3n) is 2.65. The van der Waals surface area contributed by atoms with Crippen LogP contribution in [0.15, 0.2) is 0 Å². The molecule has 0 unspecified atom stereocenters. The zero-order chi connectivity index (χ0) is 13.0. The molecule has 104 valence electrons. The van der Waals surface area contributed by atoms with E-state index in [0.717, 1.165) is 38.9 Å². The minimum Gasteiger partial charge on any atom is -0.381 e. The van der Waals surface area contributed by atoms with Crippen molar-refractivity contribution in [3.05, 3.63) is 0 Å². The van der Waals surface area contributed by atoms with Crippen LogP contribution in [0.2, 0.25) is 0 Å². The van der Waals surface area contributed by atoms with Crippen molar-refractivity contribution in [2.24, 2.45) is 0 Å². The molecule has 0 aromatic rings. The smallest absolute Gasteiger partial charge is 0.275 e. The predicted molar refractivity (Wildman–Crippen MR) is 67.4 cm³/mol. The van der Waals surface area contributed by atoms with Gasteiger partial charge in [-0.05, 0) is 19.3 Å². The maximum Gasteiger partial charge on any atom is 0.275 e. The predicted octanol–water partition coefficient (Wildman–Crippen LogP) is 2.16. The first-order valence-electron chi connectivity index (χ1n) is 6.81. The van der Waals surface area contributed by atoms with E-state index in [0.29, 0.717) is 6.42 Å². The number of hydrogen-bond acceptors (Lipinski definition) is 4. The molecule has 3 N–H and O–H groups in total. The zero-order valence-electron chi connectivity index (χ0n) is 11.0. The number of rotatable bonds is 12. The highest BCUT2D eigenvalue weighted by molar-refractivity contribution is 4.50. The van der Waals surface area contributed by atoms with E-state index in [-0.39, 0.29) is 6.42 Å². The standard InChI is InChI=1S/C13H28O4/c1-2-11-17-12-9-7-5-3-4-6-8-10-13(14,15)16/h14-16H,2-12H2,1H3. The van der Waals surface area contributed by atoms with E-state index in [4.69, 9.17) is 20.1 Å². The van der Waals surface area contributed by atoms with Crippen LogP contribution in [0.5, 0.6) is 0 Å². The molecule has 0 heterocycles. The molecule has 17 heavy (non-hydrogen) atoms. The lowest BCUT2D eigenvalue weighted by Gasteiger charge is -2.12. The number of ether oxygens (including phenoxy) is 1. The van der Waals surface area contributed by atoms with Gasteiger partial charge in [0.15, 0.2) is 0 Å². The molecule has 0 aliphatic rings. The second kappa shape index (κ2) is 11.0. The van der Waals surface area contributed by atoms with Gasteiger partial charge in [-0.25, -0.2) is 0 Å². The Labute approximate surface area is 105 Å². The summed E-state index contributed by atoms with van der Waals surface area (Å²) in [5.41, 5.74) is 0. The lowest BCUT2D eigenvalue weighted by atomic mass is 10.1. The van der Waals surface area contributed by atoms with E-state index in [1.807, 2.05) is 0 Å². The summed E-state index contributed by atoms with van der Waals surface area (Å²) >= 11 is 0. The van der Waals surface area contributed by atoms with E-state index >= 15 is 0 Å². The third-order valence-corrected chi connectivity index (χ3v) is 2.65. The molecule has 0 spiro atoms. The third kappa shape index (κ3) is 15.8. The fourth-order valence-electron chi connectivity index (χ4n) is 1.70. The lowest BCUT2D eigenvalue weighted by Crippen LogP contribution is -2.26. The first-order chi connectivity index (χ1) is 8.06. The molecule has 4 nitrogen and oxygen atoms in total. The van der Waals surface area contributed by atoms with Crippen molar-refractivity contribution >= 4 is 0 Å². The van der Waals surface area contributed by atoms with Gasteiger partial charge in [0.1, 0.15) is 0 Å². The molecule has 0 aliphatic carbocycles. The van der Waals surface area contributed by atoms with Crippen LogP contribution in [0.1, 0.15) is 64.7 Å². The summed E-state index contributed by atoms with van der Waals surface area (Å²) in [6, 6.07) is 0. The van der Waals surface area contributed by atoms with Crippen molar-refractivity contribution in [2.45, 2.75) is 70.7 Å². The molecule has 0 aliphatic heterocycles. The lowest BCUT2D eigenvalue weighted by molar-refractivity contribution is -0.315. The molecule has 4 heteroatoms. The highest BCUT2D eigenvalue weighted by Crippen LogP contribution is 2.12. The molecule has 0 fully saturated rings. The summed E-state index contributed by atoms with van der Waals surface area (Å²) in [5.74, 6) is -2.48. The molecule has 0 radical (unpaired) electrons. The van der Waals surface area contributed by atoms with Gasteiger partial charge in [0.05, 0.1) is 0 Å². The summed E-state index contributed by atoms with van der Waals surface area (Å²) in [7, 11) is 0. The summed E-state index contributed by atoms with van der Waals surface area (Å²) < 4.78 is 5.38. The van der Waals surface area contributed by atoms with Gasteiger partial charge in [0.2, 0.25) is 0 Å². The van der Waals surface area contributed by atoms with Crippen molar-refractivity contribution in [3.63, 3.8) is 0 Å². The number of hydrogen-bond donors (Lipinski definition) is 3. The van der Waals surface area contributed by atoms with Crippen LogP contribution in [0, 0.1) is 0 Å². The highest BCUT2D eigenvalue weighted by Gasteiger charge is 2.16. The van der Waals surface area contributed by atoms with Gasteiger partial charge < -0.3 is 20.1 Å². The maximum atomic E-state index is 8.66. The van der Waals surface area contributed by atoms with Gasteiger partial charge >= 0.3 is 0 Å². The molecule has 0 aromatic heterocycles. The molecule has 0 aromatic carbocycles. The van der Waals surface area contributed by atoms with Crippen molar-refractivity contribution in [2.75, 3.05) is 13.2 Å². The quantitative estimate of drug-likeness (QED) is 0.366. The minimum absolute atomic E-state index is 0.0395. The van der Waals surface area contributed by atoms with Crippen LogP contribution < -0.4 is 0 Å². The number of unbranched alkanes of at least 4 members (excludes halogenated alkanes) is 6. The summed E-state index contributed by atoms with van der Waals surface area (Å²) in [5, 5.41) is 26.0. The van der Waals surface area contributed by atoms with Crippen molar-refractivity contribution in [1.29, 1.82) is 0 Å². The van der Waals surface area contributed by atoms with Gasteiger partial charge in [0, 0.05) is 19.6 Å². The monoisotopic (exact) mass is 248 g/mol. The Morgan fingerprint density at radius 3 is 1.82 bits per heavy atom. The number of aliphatic hydroxyl groups is 3. The van der Waals surface area contributed by atoms with Gasteiger partial charge in [-0.1, -0.05) is 39.0 Å². The van der Waals surface area contributed by atoms with E-state index in [1.54, 1.807) is 0 Å². The molecule has 0 amide bonds. The van der Waals surface area contributed by atoms with Crippen LogP contribution in [-0.2, 0) is 4.74 Å². The van der Waals surface area contributed by atoms with Gasteiger partial charge in [-0.15, -0.1) is 0 Å². The fourth-order valence-corrected chi connectivity index (χ4v) is 1.70. The Kier molecular flexibility index (Phi) is 10.9. The Morgan fingerprint density at radius 1 is 0.765 bits per heavy atom. The molecular formula is C13H28O4. The average Bonchev–Trinajstić information content (AvgIpc) is 2.24. The van der Waals surface area contributed by atoms with Crippen molar-refractivity contribution < 1.29 is 20.1 Å². The van der Waals surface area contributed by atoms with Crippen LogP contribution in [0.4, 0.5) is 0 Å². The Hall–Kier alpha value is -0.160. The van der Waals surface area contributed by atoms with Crippen LogP contribution in [0.3, 0.4) is 0 Å². The first-order valence-corrected chi connectivity index (χ1v) is 6.81. The fraction of sp³-hybridized carbons (Fsp3) is 1.00. The molecule has 0 atom stereocenters. The topological polar surface area (TPSA) is 69.9 Å². The van der Waals surface area contributed by atoms with Crippen LogP contribution in [-0.4, -0.2) is 34.5 Å². The maximum absolute atomic E-state index is 8.66. The Bertz CT molecular complexity index is 154. The van der Waals surface area contributed by atoms with Gasteiger partial charge in [-0.3, -0.25) is 0 Å². The second-order valence-electron chi connectivity index (χ2n) is 4.61. The van der Waals surface area contributed by atoms with Crippen molar-refractivity contribution in [3.8, 4) is 0 Å². The first kappa shape index (κ1) is 16.8. The molecule has 0 saturated heterocycles. The molecular weight excluding hydrogens is 220 g/mol. The Balaban J connectivity index is 2.99. The zero-order valence-corrected chi connectivity index (χ0v) is 11.0. The van der Waals surface area contributed by atoms with E-state index in [2.05, 4.69) is 6.92 Å². The minimum atomic E-state index is -2.48. The van der Waals surface area contributed by atoms with E-state index in [1.165, 1.54) is 19.3 Å². The average molecular weight is 248 g/mol. The van der Waals surface area contributed by atoms with Crippen molar-refractivity contribution in [1.82, 2.24) is 0 Å². The summed E-state index contributed by atoms with van der Waals surface area (Å²) in [6.45, 7) is 3.85. The Morgan fingerprint density at radius 2 is 1.29 bits per heavy atom. The normalized spacial score (nSPS) is 12.0. The van der Waals surface area contributed by atoms with Gasteiger partial charge in [0.25, 0.3) is 5.97 Å². The van der Waals surface area contributed by atoms with Crippen LogP contribution in [0.25, 0.3) is 0 Å². The van der Waals surface area contributed by atoms with E-state index in [9.17, 15) is 0 Å². The van der Waals surface area contributed by atoms with E-state index < -0.39 is 5.97 Å². The highest BCUT2D eigenvalue weighted by atomic mass is 16.7. The summed E-state index contributed by atoms with van der Waals surface area (Å²) in [6.07, 6.45) is 8.52. The van der Waals surface area contributed by atoms with Crippen LogP contribution >= 0.6 is 0 Å². The molecule has 0 bridgehead atoms. The SMILES string of the molecule is CCCOCCCCCCCCCC(O)(O)O. The second-order valence-corrected chi connectivity index (χ2v) is 4.61. The summed E-state index contributed by atoms with van der Waals surface area (Å²) in [4.78, 5) is 0.